The zero-order valence-electron chi connectivity index (χ0n) is 9.75. The predicted octanol–water partition coefficient (Wildman–Crippen LogP) is 2.64. The van der Waals surface area contributed by atoms with Gasteiger partial charge in [-0.1, -0.05) is 17.7 Å². The molecule has 3 rings (SSSR count). The molecule has 1 N–H and O–H groups in total. The maximum Gasteiger partial charge on any atom is 0.258 e. The smallest absolute Gasteiger partial charge is 0.258 e. The molecular formula is C13H9ClN4O. The van der Waals surface area contributed by atoms with Gasteiger partial charge in [-0.15, -0.1) is 10.2 Å². The Labute approximate surface area is 113 Å². The number of halogens is 1. The number of pyridine rings is 1. The van der Waals surface area contributed by atoms with E-state index < -0.39 is 0 Å². The number of carbonyl (C=O) groups is 1. The Kier molecular flexibility index (Phi) is 2.89. The number of fused-ring (bicyclic) bond motifs is 1. The second-order valence-corrected chi connectivity index (χ2v) is 4.35. The Balaban J connectivity index is 1.89. The maximum atomic E-state index is 12.0. The van der Waals surface area contributed by atoms with E-state index in [0.717, 1.165) is 0 Å². The van der Waals surface area contributed by atoms with E-state index in [1.165, 1.54) is 0 Å². The van der Waals surface area contributed by atoms with Crippen LogP contribution in [0.25, 0.3) is 5.65 Å². The summed E-state index contributed by atoms with van der Waals surface area (Å²) in [4.78, 5) is 12.0. The van der Waals surface area contributed by atoms with Crippen molar-refractivity contribution >= 4 is 29.1 Å². The van der Waals surface area contributed by atoms with Crippen molar-refractivity contribution in [1.82, 2.24) is 14.6 Å². The molecule has 19 heavy (non-hydrogen) atoms. The summed E-state index contributed by atoms with van der Waals surface area (Å²) in [6.45, 7) is 0. The van der Waals surface area contributed by atoms with Crippen molar-refractivity contribution in [2.45, 2.75) is 0 Å². The lowest BCUT2D eigenvalue weighted by atomic mass is 10.2. The van der Waals surface area contributed by atoms with E-state index in [1.54, 1.807) is 34.9 Å². The van der Waals surface area contributed by atoms with Crippen LogP contribution in [0.1, 0.15) is 10.4 Å². The number of hydrogen-bond donors (Lipinski definition) is 1. The summed E-state index contributed by atoms with van der Waals surface area (Å²) < 4.78 is 1.70. The Morgan fingerprint density at radius 1 is 1.11 bits per heavy atom. The highest BCUT2D eigenvalue weighted by atomic mass is 35.5. The molecule has 0 aliphatic carbocycles. The Hall–Kier alpha value is -2.40. The van der Waals surface area contributed by atoms with Crippen LogP contribution in [0.15, 0.2) is 48.7 Å². The van der Waals surface area contributed by atoms with Gasteiger partial charge in [0.2, 0.25) is 5.95 Å². The summed E-state index contributed by atoms with van der Waals surface area (Å²) in [7, 11) is 0. The van der Waals surface area contributed by atoms with E-state index >= 15 is 0 Å². The Morgan fingerprint density at radius 3 is 2.68 bits per heavy atom. The largest absolute Gasteiger partial charge is 0.290 e. The number of nitrogens with zero attached hydrogens (tertiary/aromatic N) is 3. The van der Waals surface area contributed by atoms with Crippen molar-refractivity contribution in [3.63, 3.8) is 0 Å². The van der Waals surface area contributed by atoms with Crippen molar-refractivity contribution < 1.29 is 4.79 Å². The highest BCUT2D eigenvalue weighted by Gasteiger charge is 2.10. The number of anilines is 1. The first kappa shape index (κ1) is 11.7. The lowest BCUT2D eigenvalue weighted by Gasteiger charge is -2.03. The van der Waals surface area contributed by atoms with E-state index in [9.17, 15) is 4.79 Å². The second-order valence-electron chi connectivity index (χ2n) is 3.91. The normalized spacial score (nSPS) is 10.6. The van der Waals surface area contributed by atoms with Gasteiger partial charge in [0.25, 0.3) is 5.91 Å². The van der Waals surface area contributed by atoms with Gasteiger partial charge in [0, 0.05) is 16.8 Å². The number of nitrogens with one attached hydrogen (secondary N) is 1. The van der Waals surface area contributed by atoms with Crippen LogP contribution in [-0.4, -0.2) is 20.5 Å². The number of aromatic nitrogens is 3. The van der Waals surface area contributed by atoms with Gasteiger partial charge >= 0.3 is 0 Å². The standard InChI is InChI=1S/C13H9ClN4O/c14-10-6-4-9(5-7-10)12(19)15-13-17-16-11-3-1-2-8-18(11)13/h1-8H,(H,15,17,19). The average molecular weight is 273 g/mol. The molecule has 0 spiro atoms. The van der Waals surface area contributed by atoms with Crippen LogP contribution >= 0.6 is 11.6 Å². The maximum absolute atomic E-state index is 12.0. The number of hydrogen-bond acceptors (Lipinski definition) is 3. The van der Waals surface area contributed by atoms with Crippen LogP contribution in [-0.2, 0) is 0 Å². The van der Waals surface area contributed by atoms with Crippen molar-refractivity contribution in [2.24, 2.45) is 0 Å². The fourth-order valence-corrected chi connectivity index (χ4v) is 1.83. The van der Waals surface area contributed by atoms with Gasteiger partial charge < -0.3 is 0 Å². The molecule has 1 amide bonds. The van der Waals surface area contributed by atoms with Crippen molar-refractivity contribution in [3.05, 3.63) is 59.2 Å². The van der Waals surface area contributed by atoms with Gasteiger partial charge in [0.1, 0.15) is 0 Å². The summed E-state index contributed by atoms with van der Waals surface area (Å²) in [5.41, 5.74) is 1.19. The molecule has 0 unspecified atom stereocenters. The zero-order chi connectivity index (χ0) is 13.2. The molecule has 3 aromatic rings. The van der Waals surface area contributed by atoms with Crippen LogP contribution in [0, 0.1) is 0 Å². The van der Waals surface area contributed by atoms with Gasteiger partial charge in [-0.25, -0.2) is 0 Å². The molecule has 0 radical (unpaired) electrons. The molecule has 0 bridgehead atoms. The molecule has 1 aromatic carbocycles. The molecular weight excluding hydrogens is 264 g/mol. The van der Waals surface area contributed by atoms with Crippen LogP contribution in [0.2, 0.25) is 5.02 Å². The monoisotopic (exact) mass is 272 g/mol. The molecule has 2 heterocycles. The fraction of sp³-hybridized carbons (Fsp3) is 0. The lowest BCUT2D eigenvalue weighted by Crippen LogP contribution is -2.14. The van der Waals surface area contributed by atoms with Gasteiger partial charge in [-0.2, -0.15) is 0 Å². The minimum Gasteiger partial charge on any atom is -0.290 e. The van der Waals surface area contributed by atoms with Crippen molar-refractivity contribution in [3.8, 4) is 0 Å². The van der Waals surface area contributed by atoms with Crippen LogP contribution in [0.4, 0.5) is 5.95 Å². The predicted molar refractivity (Wildman–Crippen MR) is 72.4 cm³/mol. The van der Waals surface area contributed by atoms with E-state index in [-0.39, 0.29) is 5.91 Å². The fourth-order valence-electron chi connectivity index (χ4n) is 1.70. The van der Waals surface area contributed by atoms with E-state index in [4.69, 9.17) is 11.6 Å². The first-order chi connectivity index (χ1) is 9.24. The summed E-state index contributed by atoms with van der Waals surface area (Å²) in [5.74, 6) is 0.130. The SMILES string of the molecule is O=C(Nc1nnc2ccccn12)c1ccc(Cl)cc1. The molecule has 6 heteroatoms. The molecule has 0 atom stereocenters. The van der Waals surface area contributed by atoms with Crippen molar-refractivity contribution in [2.75, 3.05) is 5.32 Å². The highest BCUT2D eigenvalue weighted by Crippen LogP contribution is 2.12. The van der Waals surface area contributed by atoms with Crippen molar-refractivity contribution in [1.29, 1.82) is 0 Å². The molecule has 0 aliphatic rings. The first-order valence-electron chi connectivity index (χ1n) is 5.61. The zero-order valence-corrected chi connectivity index (χ0v) is 10.5. The average Bonchev–Trinajstić information content (AvgIpc) is 2.83. The van der Waals surface area contributed by atoms with Crippen LogP contribution < -0.4 is 5.32 Å². The summed E-state index contributed by atoms with van der Waals surface area (Å²) in [6, 6.07) is 12.1. The van der Waals surface area contributed by atoms with Gasteiger partial charge in [-0.05, 0) is 36.4 Å². The molecule has 0 aliphatic heterocycles. The highest BCUT2D eigenvalue weighted by molar-refractivity contribution is 6.30. The van der Waals surface area contributed by atoms with Gasteiger partial charge in [0.05, 0.1) is 0 Å². The summed E-state index contributed by atoms with van der Waals surface area (Å²) in [6.07, 6.45) is 1.78. The Bertz CT molecular complexity index is 736. The van der Waals surface area contributed by atoms with Crippen LogP contribution in [0.3, 0.4) is 0 Å². The third-order valence-corrected chi connectivity index (χ3v) is 2.90. The topological polar surface area (TPSA) is 59.3 Å². The number of amides is 1. The molecule has 94 valence electrons. The molecule has 0 saturated heterocycles. The minimum atomic E-state index is -0.255. The minimum absolute atomic E-state index is 0.255. The number of carbonyl (C=O) groups excluding carboxylic acids is 1. The van der Waals surface area contributed by atoms with Gasteiger partial charge in [0.15, 0.2) is 5.65 Å². The van der Waals surface area contributed by atoms with Gasteiger partial charge in [-0.3, -0.25) is 14.5 Å². The second kappa shape index (κ2) is 4.70. The molecule has 0 saturated carbocycles. The molecule has 5 nitrogen and oxygen atoms in total. The quantitative estimate of drug-likeness (QED) is 0.780. The third-order valence-electron chi connectivity index (χ3n) is 2.65. The third kappa shape index (κ3) is 2.28. The van der Waals surface area contributed by atoms with E-state index in [1.807, 2.05) is 18.2 Å². The summed E-state index contributed by atoms with van der Waals surface area (Å²) in [5, 5.41) is 11.2. The number of rotatable bonds is 2. The number of benzene rings is 1. The Morgan fingerprint density at radius 2 is 1.89 bits per heavy atom. The van der Waals surface area contributed by atoms with Crippen LogP contribution in [0.5, 0.6) is 0 Å². The molecule has 2 aromatic heterocycles. The molecule has 0 fully saturated rings. The first-order valence-corrected chi connectivity index (χ1v) is 5.98. The lowest BCUT2D eigenvalue weighted by molar-refractivity contribution is 0.102. The summed E-state index contributed by atoms with van der Waals surface area (Å²) >= 11 is 5.78. The van der Waals surface area contributed by atoms with E-state index in [0.29, 0.717) is 22.2 Å². The van der Waals surface area contributed by atoms with E-state index in [2.05, 4.69) is 15.5 Å².